The summed E-state index contributed by atoms with van der Waals surface area (Å²) in [7, 11) is 0. The number of carbonyl (C=O) groups excluding carboxylic acids is 1. The zero-order valence-corrected chi connectivity index (χ0v) is 11.6. The molecule has 5 heteroatoms. The summed E-state index contributed by atoms with van der Waals surface area (Å²) in [5.41, 5.74) is 7.08. The van der Waals surface area contributed by atoms with Crippen LogP contribution in [0.25, 0.3) is 0 Å². The van der Waals surface area contributed by atoms with Crippen molar-refractivity contribution in [3.63, 3.8) is 0 Å². The van der Waals surface area contributed by atoms with Crippen LogP contribution < -0.4 is 5.73 Å². The summed E-state index contributed by atoms with van der Waals surface area (Å²) in [4.78, 5) is 19.0. The molecule has 0 fully saturated rings. The second kappa shape index (κ2) is 6.45. The summed E-state index contributed by atoms with van der Waals surface area (Å²) in [5, 5.41) is 1.93. The first-order chi connectivity index (χ1) is 9.22. The minimum absolute atomic E-state index is 0.0400. The molecule has 1 atom stereocenters. The zero-order chi connectivity index (χ0) is 13.7. The molecule has 2 aromatic rings. The first kappa shape index (κ1) is 13.7. The molecule has 19 heavy (non-hydrogen) atoms. The average molecular weight is 275 g/mol. The van der Waals surface area contributed by atoms with E-state index < -0.39 is 6.04 Å². The minimum Gasteiger partial charge on any atom is -0.337 e. The summed E-state index contributed by atoms with van der Waals surface area (Å²) in [6.07, 6.45) is 3.46. The Morgan fingerprint density at radius 2 is 2.16 bits per heavy atom. The third kappa shape index (κ3) is 3.39. The lowest BCUT2D eigenvalue weighted by molar-refractivity contribution is -0.133. The molecule has 0 aliphatic carbocycles. The number of amides is 1. The first-order valence-corrected chi connectivity index (χ1v) is 7.07. The van der Waals surface area contributed by atoms with Crippen LogP contribution in [0.1, 0.15) is 23.4 Å². The van der Waals surface area contributed by atoms with E-state index in [0.29, 0.717) is 13.1 Å². The van der Waals surface area contributed by atoms with Gasteiger partial charge in [-0.3, -0.25) is 9.78 Å². The number of hydrogen-bond acceptors (Lipinski definition) is 4. The van der Waals surface area contributed by atoms with E-state index in [2.05, 4.69) is 4.98 Å². The van der Waals surface area contributed by atoms with Crippen molar-refractivity contribution in [1.82, 2.24) is 9.88 Å². The van der Waals surface area contributed by atoms with Crippen LogP contribution in [-0.4, -0.2) is 22.3 Å². The SMILES string of the molecule is CCN(Cc1ccncc1)C(=O)C(N)c1cccs1. The lowest BCUT2D eigenvalue weighted by Gasteiger charge is -2.24. The van der Waals surface area contributed by atoms with Crippen molar-refractivity contribution >= 4 is 17.2 Å². The molecule has 4 nitrogen and oxygen atoms in total. The molecule has 2 aromatic heterocycles. The number of likely N-dealkylation sites (N-methyl/N-ethyl adjacent to an activating group) is 1. The van der Waals surface area contributed by atoms with E-state index in [1.54, 1.807) is 17.3 Å². The molecule has 1 amide bonds. The van der Waals surface area contributed by atoms with Crippen molar-refractivity contribution in [2.45, 2.75) is 19.5 Å². The molecule has 2 rings (SSSR count). The third-order valence-electron chi connectivity index (χ3n) is 2.93. The van der Waals surface area contributed by atoms with Crippen LogP contribution in [0, 0.1) is 0 Å². The number of rotatable bonds is 5. The predicted molar refractivity (Wildman–Crippen MR) is 76.6 cm³/mol. The maximum atomic E-state index is 12.4. The number of aromatic nitrogens is 1. The minimum atomic E-state index is -0.568. The average Bonchev–Trinajstić information content (AvgIpc) is 2.98. The first-order valence-electron chi connectivity index (χ1n) is 6.19. The number of carbonyl (C=O) groups is 1. The molecule has 0 saturated heterocycles. The Morgan fingerprint density at radius 3 is 2.74 bits per heavy atom. The standard InChI is InChI=1S/C14H17N3OS/c1-2-17(10-11-5-7-16-8-6-11)14(18)13(15)12-4-3-9-19-12/h3-9,13H,2,10,15H2,1H3. The molecule has 0 aliphatic rings. The van der Waals surface area contributed by atoms with Crippen LogP contribution >= 0.6 is 11.3 Å². The fourth-order valence-corrected chi connectivity index (χ4v) is 2.56. The van der Waals surface area contributed by atoms with Gasteiger partial charge >= 0.3 is 0 Å². The molecule has 100 valence electrons. The molecule has 0 aliphatic heterocycles. The topological polar surface area (TPSA) is 59.2 Å². The normalized spacial score (nSPS) is 12.1. The van der Waals surface area contributed by atoms with Gasteiger partial charge in [0.15, 0.2) is 0 Å². The van der Waals surface area contributed by atoms with Gasteiger partial charge in [-0.05, 0) is 36.1 Å². The van der Waals surface area contributed by atoms with Gasteiger partial charge in [0, 0.05) is 30.4 Å². The summed E-state index contributed by atoms with van der Waals surface area (Å²) in [6, 6.07) is 7.06. The van der Waals surface area contributed by atoms with E-state index in [4.69, 9.17) is 5.73 Å². The van der Waals surface area contributed by atoms with Crippen molar-refractivity contribution in [1.29, 1.82) is 0 Å². The van der Waals surface area contributed by atoms with Gasteiger partial charge in [-0.1, -0.05) is 6.07 Å². The number of hydrogen-bond donors (Lipinski definition) is 1. The highest BCUT2D eigenvalue weighted by atomic mass is 32.1. The van der Waals surface area contributed by atoms with Gasteiger partial charge in [0.2, 0.25) is 5.91 Å². The number of nitrogens with zero attached hydrogens (tertiary/aromatic N) is 2. The van der Waals surface area contributed by atoms with Crippen molar-refractivity contribution in [3.8, 4) is 0 Å². The highest BCUT2D eigenvalue weighted by Gasteiger charge is 2.22. The van der Waals surface area contributed by atoms with Gasteiger partial charge in [0.1, 0.15) is 6.04 Å². The second-order valence-corrected chi connectivity index (χ2v) is 5.18. The predicted octanol–water partition coefficient (Wildman–Crippen LogP) is 2.19. The second-order valence-electron chi connectivity index (χ2n) is 4.20. The molecule has 2 N–H and O–H groups in total. The molecule has 1 unspecified atom stereocenters. The van der Waals surface area contributed by atoms with E-state index in [9.17, 15) is 4.79 Å². The summed E-state index contributed by atoms with van der Waals surface area (Å²) in [6.45, 7) is 3.16. The highest BCUT2D eigenvalue weighted by Crippen LogP contribution is 2.19. The summed E-state index contributed by atoms with van der Waals surface area (Å²) < 4.78 is 0. The Hall–Kier alpha value is -1.72. The quantitative estimate of drug-likeness (QED) is 0.910. The van der Waals surface area contributed by atoms with Gasteiger partial charge in [-0.15, -0.1) is 11.3 Å². The summed E-state index contributed by atoms with van der Waals surface area (Å²) in [5.74, 6) is -0.0400. The van der Waals surface area contributed by atoms with Crippen LogP contribution in [-0.2, 0) is 11.3 Å². The molecule has 0 radical (unpaired) electrons. The van der Waals surface area contributed by atoms with Crippen LogP contribution in [0.5, 0.6) is 0 Å². The van der Waals surface area contributed by atoms with Gasteiger partial charge in [0.05, 0.1) is 0 Å². The van der Waals surface area contributed by atoms with Crippen LogP contribution in [0.15, 0.2) is 42.0 Å². The number of pyridine rings is 1. The van der Waals surface area contributed by atoms with E-state index in [-0.39, 0.29) is 5.91 Å². The third-order valence-corrected chi connectivity index (χ3v) is 3.89. The number of nitrogens with two attached hydrogens (primary N) is 1. The maximum Gasteiger partial charge on any atom is 0.245 e. The largest absolute Gasteiger partial charge is 0.337 e. The van der Waals surface area contributed by atoms with Gasteiger partial charge in [0.25, 0.3) is 0 Å². The smallest absolute Gasteiger partial charge is 0.245 e. The Bertz CT molecular complexity index is 513. The van der Waals surface area contributed by atoms with E-state index in [1.807, 2.05) is 36.6 Å². The Kier molecular flexibility index (Phi) is 4.65. The number of thiophene rings is 1. The summed E-state index contributed by atoms with van der Waals surface area (Å²) >= 11 is 1.51. The molecule has 2 heterocycles. The van der Waals surface area contributed by atoms with Crippen molar-refractivity contribution in [2.75, 3.05) is 6.54 Å². The Balaban J connectivity index is 2.07. The molecule has 0 aromatic carbocycles. The molecule has 0 saturated carbocycles. The molecule has 0 spiro atoms. The zero-order valence-electron chi connectivity index (χ0n) is 10.8. The van der Waals surface area contributed by atoms with Crippen LogP contribution in [0.2, 0.25) is 0 Å². The molecular weight excluding hydrogens is 258 g/mol. The fourth-order valence-electron chi connectivity index (χ4n) is 1.84. The van der Waals surface area contributed by atoms with Crippen molar-refractivity contribution in [2.24, 2.45) is 5.73 Å². The fraction of sp³-hybridized carbons (Fsp3) is 0.286. The van der Waals surface area contributed by atoms with Crippen molar-refractivity contribution in [3.05, 3.63) is 52.5 Å². The monoisotopic (exact) mass is 275 g/mol. The Morgan fingerprint density at radius 1 is 1.42 bits per heavy atom. The van der Waals surface area contributed by atoms with Gasteiger partial charge < -0.3 is 10.6 Å². The molecule has 0 bridgehead atoms. The van der Waals surface area contributed by atoms with Gasteiger partial charge in [-0.2, -0.15) is 0 Å². The van der Waals surface area contributed by atoms with Crippen LogP contribution in [0.3, 0.4) is 0 Å². The molecular formula is C14H17N3OS. The maximum absolute atomic E-state index is 12.4. The van der Waals surface area contributed by atoms with Crippen LogP contribution in [0.4, 0.5) is 0 Å². The Labute approximate surface area is 116 Å². The highest BCUT2D eigenvalue weighted by molar-refractivity contribution is 7.10. The van der Waals surface area contributed by atoms with E-state index in [1.165, 1.54) is 11.3 Å². The van der Waals surface area contributed by atoms with Crippen molar-refractivity contribution < 1.29 is 4.79 Å². The lowest BCUT2D eigenvalue weighted by atomic mass is 10.2. The van der Waals surface area contributed by atoms with E-state index in [0.717, 1.165) is 10.4 Å². The lowest BCUT2D eigenvalue weighted by Crippen LogP contribution is -2.37. The van der Waals surface area contributed by atoms with Gasteiger partial charge in [-0.25, -0.2) is 0 Å². The van der Waals surface area contributed by atoms with E-state index >= 15 is 0 Å².